The van der Waals surface area contributed by atoms with Gasteiger partial charge in [-0.3, -0.25) is 10.1 Å². The molecule has 2 unspecified atom stereocenters. The monoisotopic (exact) mass is 262 g/mol. The van der Waals surface area contributed by atoms with Crippen LogP contribution in [0.25, 0.3) is 0 Å². The topological polar surface area (TPSA) is 85.3 Å². The summed E-state index contributed by atoms with van der Waals surface area (Å²) in [6.45, 7) is 1.69. The van der Waals surface area contributed by atoms with E-state index in [-0.39, 0.29) is 16.7 Å². The van der Waals surface area contributed by atoms with Crippen LogP contribution in [0.15, 0.2) is 12.1 Å². The van der Waals surface area contributed by atoms with Crippen LogP contribution in [0.4, 0.5) is 11.5 Å². The number of aryl methyl sites for hydroxylation is 1. The van der Waals surface area contributed by atoms with Gasteiger partial charge in [0.05, 0.1) is 4.92 Å². The lowest BCUT2D eigenvalue weighted by molar-refractivity contribution is -0.385. The first kappa shape index (κ1) is 12.3. The van der Waals surface area contributed by atoms with Crippen LogP contribution in [0, 0.1) is 17.0 Å². The van der Waals surface area contributed by atoms with Gasteiger partial charge in [-0.2, -0.15) is 0 Å². The highest BCUT2D eigenvalue weighted by Crippen LogP contribution is 2.38. The van der Waals surface area contributed by atoms with Gasteiger partial charge in [0.15, 0.2) is 0 Å². The SMILES string of the molecule is Cc1nc(N2C3CCC2CC(N)C3)ccc1[N+](=O)[O-]. The molecule has 2 fully saturated rings. The third kappa shape index (κ3) is 2.06. The molecule has 2 aliphatic rings. The molecule has 1 aromatic heterocycles. The van der Waals surface area contributed by atoms with Crippen LogP contribution < -0.4 is 10.6 Å². The molecule has 0 spiro atoms. The Labute approximate surface area is 111 Å². The van der Waals surface area contributed by atoms with E-state index in [1.807, 2.05) is 0 Å². The Bertz CT molecular complexity index is 505. The van der Waals surface area contributed by atoms with E-state index >= 15 is 0 Å². The van der Waals surface area contributed by atoms with Crippen LogP contribution in [0.2, 0.25) is 0 Å². The van der Waals surface area contributed by atoms with Gasteiger partial charge in [0.1, 0.15) is 11.5 Å². The van der Waals surface area contributed by atoms with E-state index in [1.165, 1.54) is 0 Å². The first-order valence-corrected chi connectivity index (χ1v) is 6.72. The number of nitro groups is 1. The molecule has 0 aliphatic carbocycles. The molecule has 1 aromatic rings. The minimum absolute atomic E-state index is 0.0878. The molecule has 0 aromatic carbocycles. The predicted octanol–water partition coefficient (Wildman–Crippen LogP) is 1.76. The average Bonchev–Trinajstić information content (AvgIpc) is 2.61. The Morgan fingerprint density at radius 2 is 2.00 bits per heavy atom. The van der Waals surface area contributed by atoms with Crippen molar-refractivity contribution in [2.75, 3.05) is 4.90 Å². The molecular formula is C13H18N4O2. The second-order valence-corrected chi connectivity index (χ2v) is 5.55. The zero-order valence-electron chi connectivity index (χ0n) is 11.0. The summed E-state index contributed by atoms with van der Waals surface area (Å²) in [4.78, 5) is 17.2. The van der Waals surface area contributed by atoms with Gasteiger partial charge >= 0.3 is 0 Å². The van der Waals surface area contributed by atoms with Crippen LogP contribution in [-0.2, 0) is 0 Å². The van der Waals surface area contributed by atoms with Crippen LogP contribution in [-0.4, -0.2) is 28.0 Å². The minimum atomic E-state index is -0.382. The van der Waals surface area contributed by atoms with E-state index in [1.54, 1.807) is 19.1 Å². The van der Waals surface area contributed by atoms with Gasteiger partial charge in [0, 0.05) is 24.2 Å². The zero-order chi connectivity index (χ0) is 13.6. The quantitative estimate of drug-likeness (QED) is 0.648. The van der Waals surface area contributed by atoms with Crippen LogP contribution in [0.3, 0.4) is 0 Å². The predicted molar refractivity (Wildman–Crippen MR) is 72.1 cm³/mol. The maximum Gasteiger partial charge on any atom is 0.290 e. The number of nitrogens with two attached hydrogens (primary N) is 1. The van der Waals surface area contributed by atoms with E-state index in [2.05, 4.69) is 9.88 Å². The molecule has 0 radical (unpaired) electrons. The number of anilines is 1. The summed E-state index contributed by atoms with van der Waals surface area (Å²) in [5.41, 5.74) is 6.62. The number of piperidine rings is 1. The van der Waals surface area contributed by atoms with Crippen molar-refractivity contribution in [3.8, 4) is 0 Å². The lowest BCUT2D eigenvalue weighted by Gasteiger charge is -2.38. The molecule has 0 amide bonds. The summed E-state index contributed by atoms with van der Waals surface area (Å²) >= 11 is 0. The van der Waals surface area contributed by atoms with Crippen molar-refractivity contribution in [1.82, 2.24) is 4.98 Å². The van der Waals surface area contributed by atoms with Crippen molar-refractivity contribution in [2.24, 2.45) is 5.73 Å². The minimum Gasteiger partial charge on any atom is -0.351 e. The fraction of sp³-hybridized carbons (Fsp3) is 0.615. The number of rotatable bonds is 2. The standard InChI is InChI=1S/C13H18N4O2/c1-8-12(17(18)19)4-5-13(15-8)16-10-2-3-11(16)7-9(14)6-10/h4-5,9-11H,2-3,6-7,14H2,1H3. The number of hydrogen-bond acceptors (Lipinski definition) is 5. The first-order chi connectivity index (χ1) is 9.06. The molecule has 2 saturated heterocycles. The number of pyridine rings is 1. The Morgan fingerprint density at radius 1 is 1.37 bits per heavy atom. The van der Waals surface area contributed by atoms with E-state index in [9.17, 15) is 10.1 Å². The maximum absolute atomic E-state index is 10.8. The second-order valence-electron chi connectivity index (χ2n) is 5.55. The highest BCUT2D eigenvalue weighted by molar-refractivity contribution is 5.49. The van der Waals surface area contributed by atoms with E-state index in [0.717, 1.165) is 31.5 Å². The highest BCUT2D eigenvalue weighted by atomic mass is 16.6. The molecule has 102 valence electrons. The van der Waals surface area contributed by atoms with Gasteiger partial charge in [0.25, 0.3) is 5.69 Å². The molecule has 6 nitrogen and oxygen atoms in total. The third-order valence-electron chi connectivity index (χ3n) is 4.27. The fourth-order valence-corrected chi connectivity index (χ4v) is 3.47. The van der Waals surface area contributed by atoms with Gasteiger partial charge in [-0.25, -0.2) is 4.98 Å². The van der Waals surface area contributed by atoms with Gasteiger partial charge in [0.2, 0.25) is 0 Å². The summed E-state index contributed by atoms with van der Waals surface area (Å²) in [5, 5.41) is 10.8. The number of nitrogens with zero attached hydrogens (tertiary/aromatic N) is 3. The van der Waals surface area contributed by atoms with Gasteiger partial charge in [-0.05, 0) is 38.7 Å². The van der Waals surface area contributed by atoms with Crippen LogP contribution in [0.1, 0.15) is 31.4 Å². The number of fused-ring (bicyclic) bond motifs is 2. The molecule has 2 N–H and O–H groups in total. The summed E-state index contributed by atoms with van der Waals surface area (Å²) in [6.07, 6.45) is 4.29. The molecule has 0 saturated carbocycles. The van der Waals surface area contributed by atoms with Crippen molar-refractivity contribution >= 4 is 11.5 Å². The van der Waals surface area contributed by atoms with E-state index in [4.69, 9.17) is 5.73 Å². The van der Waals surface area contributed by atoms with Crippen molar-refractivity contribution in [3.05, 3.63) is 27.9 Å². The summed E-state index contributed by atoms with van der Waals surface area (Å²) < 4.78 is 0. The molecule has 2 bridgehead atoms. The Hall–Kier alpha value is -1.69. The summed E-state index contributed by atoms with van der Waals surface area (Å²) in [6, 6.07) is 4.51. The molecule has 2 atom stereocenters. The summed E-state index contributed by atoms with van der Waals surface area (Å²) in [5.74, 6) is 0.863. The summed E-state index contributed by atoms with van der Waals surface area (Å²) in [7, 11) is 0. The fourth-order valence-electron chi connectivity index (χ4n) is 3.47. The molecule has 3 rings (SSSR count). The lowest BCUT2D eigenvalue weighted by Crippen LogP contribution is -2.47. The Morgan fingerprint density at radius 3 is 2.53 bits per heavy atom. The van der Waals surface area contributed by atoms with E-state index in [0.29, 0.717) is 17.8 Å². The normalized spacial score (nSPS) is 29.6. The Balaban J connectivity index is 1.91. The highest BCUT2D eigenvalue weighted by Gasteiger charge is 2.40. The Kier molecular flexibility index (Phi) is 2.89. The maximum atomic E-state index is 10.8. The molecule has 2 aliphatic heterocycles. The lowest BCUT2D eigenvalue weighted by atomic mass is 9.98. The number of aromatic nitrogens is 1. The van der Waals surface area contributed by atoms with Crippen molar-refractivity contribution in [3.63, 3.8) is 0 Å². The number of hydrogen-bond donors (Lipinski definition) is 1. The molecule has 6 heteroatoms. The zero-order valence-corrected chi connectivity index (χ0v) is 11.0. The molecular weight excluding hydrogens is 244 g/mol. The molecule has 3 heterocycles. The van der Waals surface area contributed by atoms with Gasteiger partial charge in [-0.1, -0.05) is 0 Å². The van der Waals surface area contributed by atoms with Crippen LogP contribution >= 0.6 is 0 Å². The molecule has 19 heavy (non-hydrogen) atoms. The third-order valence-corrected chi connectivity index (χ3v) is 4.27. The van der Waals surface area contributed by atoms with Gasteiger partial charge < -0.3 is 10.6 Å². The van der Waals surface area contributed by atoms with Crippen molar-refractivity contribution in [2.45, 2.75) is 50.7 Å². The van der Waals surface area contributed by atoms with E-state index < -0.39 is 0 Å². The van der Waals surface area contributed by atoms with Crippen molar-refractivity contribution < 1.29 is 4.92 Å². The van der Waals surface area contributed by atoms with Gasteiger partial charge in [-0.15, -0.1) is 0 Å². The average molecular weight is 262 g/mol. The smallest absolute Gasteiger partial charge is 0.290 e. The van der Waals surface area contributed by atoms with Crippen LogP contribution in [0.5, 0.6) is 0 Å². The largest absolute Gasteiger partial charge is 0.351 e. The second kappa shape index (κ2) is 4.45. The van der Waals surface area contributed by atoms with Crippen molar-refractivity contribution in [1.29, 1.82) is 0 Å². The first-order valence-electron chi connectivity index (χ1n) is 6.72.